The van der Waals surface area contributed by atoms with Crippen LogP contribution in [0.1, 0.15) is 16.1 Å². The first kappa shape index (κ1) is 21.6. The Bertz CT molecular complexity index is 1230. The van der Waals surface area contributed by atoms with Crippen LogP contribution in [0.4, 0.5) is 10.5 Å². The Balaban J connectivity index is 1.44. The van der Waals surface area contributed by atoms with E-state index in [2.05, 4.69) is 0 Å². The van der Waals surface area contributed by atoms with Crippen LogP contribution in [0.25, 0.3) is 6.08 Å². The molecule has 0 bridgehead atoms. The molecule has 1 saturated heterocycles. The number of carbonyl (C=O) groups is 3. The predicted octanol–water partition coefficient (Wildman–Crippen LogP) is 5.26. The normalized spacial score (nSPS) is 14.9. The Morgan fingerprint density at radius 3 is 2.47 bits per heavy atom. The lowest BCUT2D eigenvalue weighted by molar-refractivity contribution is -0.384. The van der Waals surface area contributed by atoms with Crippen LogP contribution in [0.3, 0.4) is 0 Å². The van der Waals surface area contributed by atoms with Gasteiger partial charge in [-0.3, -0.25) is 29.4 Å². The summed E-state index contributed by atoms with van der Waals surface area (Å²) in [5.74, 6) is -0.678. The summed E-state index contributed by atoms with van der Waals surface area (Å²) < 4.78 is 5.72. The van der Waals surface area contributed by atoms with Gasteiger partial charge in [0.05, 0.1) is 16.4 Å². The molecule has 1 aromatic heterocycles. The van der Waals surface area contributed by atoms with Gasteiger partial charge in [0.1, 0.15) is 5.76 Å². The molecule has 32 heavy (non-hydrogen) atoms. The van der Waals surface area contributed by atoms with Gasteiger partial charge in [0, 0.05) is 28.7 Å². The molecule has 8 nitrogen and oxygen atoms in total. The van der Waals surface area contributed by atoms with Gasteiger partial charge in [0.15, 0.2) is 10.9 Å². The first-order chi connectivity index (χ1) is 15.4. The van der Waals surface area contributed by atoms with E-state index in [1.54, 1.807) is 12.1 Å². The summed E-state index contributed by atoms with van der Waals surface area (Å²) in [7, 11) is 0. The van der Waals surface area contributed by atoms with Crippen molar-refractivity contribution in [2.24, 2.45) is 0 Å². The van der Waals surface area contributed by atoms with Gasteiger partial charge in [-0.05, 0) is 48.2 Å². The van der Waals surface area contributed by atoms with Crippen LogP contribution in [0.15, 0.2) is 86.0 Å². The van der Waals surface area contributed by atoms with Gasteiger partial charge in [0.25, 0.3) is 16.8 Å². The summed E-state index contributed by atoms with van der Waals surface area (Å²) >= 11 is 2.15. The monoisotopic (exact) mass is 466 g/mol. The Kier molecular flexibility index (Phi) is 6.24. The highest BCUT2D eigenvalue weighted by Gasteiger charge is 2.36. The molecule has 1 fully saturated rings. The molecule has 0 saturated carbocycles. The molecule has 1 aliphatic rings. The molecule has 0 spiro atoms. The fourth-order valence-corrected chi connectivity index (χ4v) is 4.46. The number of rotatable bonds is 7. The zero-order chi connectivity index (χ0) is 22.7. The van der Waals surface area contributed by atoms with Crippen molar-refractivity contribution in [1.29, 1.82) is 0 Å². The van der Waals surface area contributed by atoms with Crippen molar-refractivity contribution < 1.29 is 23.7 Å². The van der Waals surface area contributed by atoms with Crippen molar-refractivity contribution in [3.8, 4) is 0 Å². The van der Waals surface area contributed by atoms with Crippen molar-refractivity contribution >= 4 is 52.2 Å². The molecule has 2 amide bonds. The number of nitro benzene ring substituents is 1. The summed E-state index contributed by atoms with van der Waals surface area (Å²) in [6.07, 6.45) is 1.47. The number of ketones is 1. The molecule has 4 rings (SSSR count). The minimum absolute atomic E-state index is 0.150. The highest BCUT2D eigenvalue weighted by atomic mass is 32.2. The topological polar surface area (TPSA) is 111 Å². The van der Waals surface area contributed by atoms with Gasteiger partial charge in [-0.1, -0.05) is 30.0 Å². The molecule has 0 aliphatic carbocycles. The summed E-state index contributed by atoms with van der Waals surface area (Å²) in [6.45, 7) is -0.451. The zero-order valence-corrected chi connectivity index (χ0v) is 17.9. The van der Waals surface area contributed by atoms with Crippen LogP contribution in [-0.4, -0.2) is 33.3 Å². The van der Waals surface area contributed by atoms with Gasteiger partial charge in [-0.25, -0.2) is 0 Å². The maximum atomic E-state index is 12.7. The lowest BCUT2D eigenvalue weighted by atomic mass is 10.1. The third-order valence-electron chi connectivity index (χ3n) is 4.41. The van der Waals surface area contributed by atoms with Crippen LogP contribution in [-0.2, 0) is 4.79 Å². The van der Waals surface area contributed by atoms with E-state index in [4.69, 9.17) is 4.42 Å². The molecular weight excluding hydrogens is 452 g/mol. The minimum Gasteiger partial charge on any atom is -0.450 e. The number of carbonyl (C=O) groups excluding carboxylic acids is 3. The summed E-state index contributed by atoms with van der Waals surface area (Å²) in [6, 6.07) is 18.1. The number of furan rings is 1. The molecular formula is C22H14N2O6S2. The second kappa shape index (κ2) is 9.25. The van der Waals surface area contributed by atoms with Crippen molar-refractivity contribution in [3.05, 3.63) is 93.1 Å². The van der Waals surface area contributed by atoms with Gasteiger partial charge >= 0.3 is 0 Å². The average molecular weight is 466 g/mol. The van der Waals surface area contributed by atoms with Crippen molar-refractivity contribution in [1.82, 2.24) is 4.90 Å². The summed E-state index contributed by atoms with van der Waals surface area (Å²) in [4.78, 5) is 49.6. The quantitative estimate of drug-likeness (QED) is 0.201. The number of nitrogens with zero attached hydrogens (tertiary/aromatic N) is 2. The first-order valence-corrected chi connectivity index (χ1v) is 10.9. The number of thioether (sulfide) groups is 1. The standard InChI is InChI=1S/C22H14N2O6S2/c25-18(14-6-8-15(9-7-14)24(28)29)13-23-21(26)19(32-22(23)27)12-16-10-11-20(30-16)31-17-4-2-1-3-5-17/h1-12H,13H2/b19-12-. The van der Waals surface area contributed by atoms with E-state index in [-0.39, 0.29) is 16.2 Å². The number of hydrogen-bond acceptors (Lipinski definition) is 8. The molecule has 3 aromatic rings. The van der Waals surface area contributed by atoms with Crippen molar-refractivity contribution in [2.75, 3.05) is 6.54 Å². The Hall–Kier alpha value is -3.63. The Labute approximate surface area is 190 Å². The van der Waals surface area contributed by atoms with Crippen LogP contribution in [0.2, 0.25) is 0 Å². The molecule has 0 N–H and O–H groups in total. The van der Waals surface area contributed by atoms with Crippen LogP contribution in [0, 0.1) is 10.1 Å². The molecule has 1 aliphatic heterocycles. The maximum Gasteiger partial charge on any atom is 0.293 e. The highest BCUT2D eigenvalue weighted by Crippen LogP contribution is 2.34. The SMILES string of the molecule is O=C(CN1C(=O)S/C(=C\c2ccc(Sc3ccccc3)o2)C1=O)c1ccc([N+](=O)[O-])cc1. The first-order valence-electron chi connectivity index (χ1n) is 9.26. The maximum absolute atomic E-state index is 12.7. The molecule has 2 heterocycles. The fraction of sp³-hybridized carbons (Fsp3) is 0.0455. The van der Waals surface area contributed by atoms with E-state index in [1.807, 2.05) is 30.3 Å². The number of benzene rings is 2. The smallest absolute Gasteiger partial charge is 0.293 e. The third kappa shape index (κ3) is 4.82. The Morgan fingerprint density at radius 1 is 1.06 bits per heavy atom. The minimum atomic E-state index is -0.594. The predicted molar refractivity (Wildman–Crippen MR) is 119 cm³/mol. The number of Topliss-reactive ketones (excluding diaryl/α,β-unsaturated/α-hetero) is 1. The second-order valence-corrected chi connectivity index (χ2v) is 8.64. The van der Waals surface area contributed by atoms with Gasteiger partial charge < -0.3 is 4.42 Å². The summed E-state index contributed by atoms with van der Waals surface area (Å²) in [5, 5.41) is 10.8. The number of nitro groups is 1. The fourth-order valence-electron chi connectivity index (χ4n) is 2.84. The van der Waals surface area contributed by atoms with E-state index >= 15 is 0 Å². The van der Waals surface area contributed by atoms with Crippen LogP contribution < -0.4 is 0 Å². The Morgan fingerprint density at radius 2 is 1.78 bits per heavy atom. The van der Waals surface area contributed by atoms with Crippen LogP contribution >= 0.6 is 23.5 Å². The molecule has 0 atom stereocenters. The van der Waals surface area contributed by atoms with Crippen molar-refractivity contribution in [2.45, 2.75) is 9.99 Å². The third-order valence-corrected chi connectivity index (χ3v) is 6.25. The summed E-state index contributed by atoms with van der Waals surface area (Å²) in [5.41, 5.74) is 0.0196. The highest BCUT2D eigenvalue weighted by molar-refractivity contribution is 8.18. The number of amides is 2. The van der Waals surface area contributed by atoms with E-state index in [0.717, 1.165) is 21.6 Å². The average Bonchev–Trinajstić information content (AvgIpc) is 3.33. The molecule has 160 valence electrons. The second-order valence-electron chi connectivity index (χ2n) is 6.57. The lowest BCUT2D eigenvalue weighted by Crippen LogP contribution is -2.33. The van der Waals surface area contributed by atoms with E-state index in [0.29, 0.717) is 10.9 Å². The van der Waals surface area contributed by atoms with E-state index in [9.17, 15) is 24.5 Å². The zero-order valence-electron chi connectivity index (χ0n) is 16.3. The number of hydrogen-bond donors (Lipinski definition) is 0. The molecule has 0 unspecified atom stereocenters. The lowest BCUT2D eigenvalue weighted by Gasteiger charge is -2.11. The van der Waals surface area contributed by atoms with E-state index in [1.165, 1.54) is 42.1 Å². The number of non-ortho nitro benzene ring substituents is 1. The molecule has 2 aromatic carbocycles. The van der Waals surface area contributed by atoms with Gasteiger partial charge in [-0.2, -0.15) is 0 Å². The molecule has 0 radical (unpaired) electrons. The largest absolute Gasteiger partial charge is 0.450 e. The molecule has 10 heteroatoms. The van der Waals surface area contributed by atoms with E-state index < -0.39 is 28.4 Å². The van der Waals surface area contributed by atoms with Gasteiger partial charge in [0.2, 0.25) is 0 Å². The van der Waals surface area contributed by atoms with Gasteiger partial charge in [-0.15, -0.1) is 0 Å². The van der Waals surface area contributed by atoms with Crippen LogP contribution in [0.5, 0.6) is 0 Å². The number of imide groups is 1. The van der Waals surface area contributed by atoms with Crippen molar-refractivity contribution in [3.63, 3.8) is 0 Å².